The van der Waals surface area contributed by atoms with Gasteiger partial charge in [0.25, 0.3) is 5.91 Å². The molecule has 1 atom stereocenters. The molecule has 0 radical (unpaired) electrons. The average Bonchev–Trinajstić information content (AvgIpc) is 3.03. The Kier molecular flexibility index (Phi) is 5.40. The van der Waals surface area contributed by atoms with Crippen LogP contribution in [-0.4, -0.2) is 22.9 Å². The second-order valence-electron chi connectivity index (χ2n) is 5.68. The number of esters is 1. The maximum Gasteiger partial charge on any atom is 0.308 e. The Morgan fingerprint density at radius 2 is 1.84 bits per heavy atom. The van der Waals surface area contributed by atoms with Crippen LogP contribution >= 0.6 is 11.3 Å². The molecular weight excluding hydrogens is 336 g/mol. The summed E-state index contributed by atoms with van der Waals surface area (Å²) in [5, 5.41) is 3.55. The van der Waals surface area contributed by atoms with Crippen molar-refractivity contribution in [2.45, 2.75) is 26.0 Å². The molecule has 0 fully saturated rings. The molecule has 2 aromatic carbocycles. The van der Waals surface area contributed by atoms with Crippen molar-refractivity contribution in [1.82, 2.24) is 10.3 Å². The van der Waals surface area contributed by atoms with Gasteiger partial charge in [0.2, 0.25) is 0 Å². The van der Waals surface area contributed by atoms with E-state index in [-0.39, 0.29) is 30.9 Å². The summed E-state index contributed by atoms with van der Waals surface area (Å²) in [5.74, 6) is -0.563. The molecule has 5 nitrogen and oxygen atoms in total. The minimum atomic E-state index is -0.361. The highest BCUT2D eigenvalue weighted by Gasteiger charge is 2.15. The smallest absolute Gasteiger partial charge is 0.308 e. The minimum Gasteiger partial charge on any atom is -0.458 e. The Labute approximate surface area is 149 Å². The second-order valence-corrected chi connectivity index (χ2v) is 6.80. The number of thiazole rings is 1. The summed E-state index contributed by atoms with van der Waals surface area (Å²) < 4.78 is 6.34. The summed E-state index contributed by atoms with van der Waals surface area (Å²) in [6.45, 7) is 1.93. The minimum absolute atomic E-state index is 0.115. The molecule has 1 heterocycles. The Balaban J connectivity index is 1.47. The number of carbonyl (C=O) groups excluding carboxylic acids is 2. The van der Waals surface area contributed by atoms with E-state index in [9.17, 15) is 9.59 Å². The number of para-hydroxylation sites is 1. The van der Waals surface area contributed by atoms with Crippen LogP contribution in [0.2, 0.25) is 0 Å². The van der Waals surface area contributed by atoms with Gasteiger partial charge < -0.3 is 10.1 Å². The lowest BCUT2D eigenvalue weighted by molar-refractivity contribution is -0.145. The predicted molar refractivity (Wildman–Crippen MR) is 97.4 cm³/mol. The number of fused-ring (bicyclic) bond motifs is 1. The molecule has 1 N–H and O–H groups in total. The van der Waals surface area contributed by atoms with Gasteiger partial charge in [-0.05, 0) is 31.2 Å². The molecule has 0 aliphatic carbocycles. The maximum atomic E-state index is 12.0. The molecule has 0 bridgehead atoms. The number of ether oxygens (including phenoxy) is 1. The predicted octanol–water partition coefficient (Wildman–Crippen LogP) is 3.55. The van der Waals surface area contributed by atoms with Crippen molar-refractivity contribution in [3.05, 3.63) is 65.2 Å². The molecule has 0 saturated heterocycles. The highest BCUT2D eigenvalue weighted by atomic mass is 32.1. The van der Waals surface area contributed by atoms with Gasteiger partial charge in [-0.1, -0.05) is 30.3 Å². The zero-order valence-electron chi connectivity index (χ0n) is 13.8. The first-order valence-electron chi connectivity index (χ1n) is 7.98. The van der Waals surface area contributed by atoms with Crippen molar-refractivity contribution >= 4 is 33.4 Å². The molecule has 0 saturated carbocycles. The second kappa shape index (κ2) is 7.90. The Morgan fingerprint density at radius 1 is 1.12 bits per heavy atom. The Bertz CT molecular complexity index is 844. The lowest BCUT2D eigenvalue weighted by Gasteiger charge is -2.13. The Morgan fingerprint density at radius 3 is 2.60 bits per heavy atom. The Hall–Kier alpha value is -2.73. The third-order valence-corrected chi connectivity index (χ3v) is 4.59. The first kappa shape index (κ1) is 17.1. The highest BCUT2D eigenvalue weighted by Crippen LogP contribution is 2.22. The van der Waals surface area contributed by atoms with E-state index in [1.165, 1.54) is 11.3 Å². The van der Waals surface area contributed by atoms with E-state index in [0.717, 1.165) is 15.2 Å². The molecule has 128 valence electrons. The molecule has 1 amide bonds. The molecule has 0 spiro atoms. The van der Waals surface area contributed by atoms with E-state index in [1.54, 1.807) is 31.2 Å². The SMILES string of the molecule is CC(CC(=O)OCc1nc2ccccc2s1)NC(=O)c1ccccc1. The molecule has 6 heteroatoms. The normalized spacial score (nSPS) is 11.9. The van der Waals surface area contributed by atoms with E-state index in [4.69, 9.17) is 4.74 Å². The fraction of sp³-hybridized carbons (Fsp3) is 0.211. The molecule has 1 aromatic heterocycles. The zero-order valence-corrected chi connectivity index (χ0v) is 14.6. The van der Waals surface area contributed by atoms with Gasteiger partial charge in [0.1, 0.15) is 11.6 Å². The quantitative estimate of drug-likeness (QED) is 0.688. The number of carbonyl (C=O) groups is 2. The molecule has 0 aliphatic heterocycles. The third-order valence-electron chi connectivity index (χ3n) is 3.58. The first-order valence-corrected chi connectivity index (χ1v) is 8.79. The van der Waals surface area contributed by atoms with Crippen LogP contribution < -0.4 is 5.32 Å². The summed E-state index contributed by atoms with van der Waals surface area (Å²) in [5.41, 5.74) is 1.47. The molecule has 3 aromatic rings. The molecule has 1 unspecified atom stereocenters. The van der Waals surface area contributed by atoms with Gasteiger partial charge >= 0.3 is 5.97 Å². The van der Waals surface area contributed by atoms with Crippen LogP contribution in [0.5, 0.6) is 0 Å². The van der Waals surface area contributed by atoms with Gasteiger partial charge in [0, 0.05) is 11.6 Å². The molecular formula is C19H18N2O3S. The van der Waals surface area contributed by atoms with E-state index < -0.39 is 0 Å². The first-order chi connectivity index (χ1) is 12.1. The number of rotatable bonds is 6. The third kappa shape index (κ3) is 4.64. The number of hydrogen-bond donors (Lipinski definition) is 1. The van der Waals surface area contributed by atoms with Crippen LogP contribution in [0.1, 0.15) is 28.7 Å². The zero-order chi connectivity index (χ0) is 17.6. The lowest BCUT2D eigenvalue weighted by Crippen LogP contribution is -2.34. The number of aromatic nitrogens is 1. The lowest BCUT2D eigenvalue weighted by atomic mass is 10.2. The van der Waals surface area contributed by atoms with Crippen LogP contribution in [0.3, 0.4) is 0 Å². The average molecular weight is 354 g/mol. The van der Waals surface area contributed by atoms with Gasteiger partial charge in [0.05, 0.1) is 16.6 Å². The van der Waals surface area contributed by atoms with E-state index in [2.05, 4.69) is 10.3 Å². The summed E-state index contributed by atoms with van der Waals surface area (Å²) in [4.78, 5) is 28.4. The van der Waals surface area contributed by atoms with Crippen molar-refractivity contribution in [2.75, 3.05) is 0 Å². The fourth-order valence-electron chi connectivity index (χ4n) is 2.38. The standard InChI is InChI=1S/C19H18N2O3S/c1-13(20-19(23)14-7-3-2-4-8-14)11-18(22)24-12-17-21-15-9-5-6-10-16(15)25-17/h2-10,13H,11-12H2,1H3,(H,20,23). The van der Waals surface area contributed by atoms with Crippen LogP contribution in [0.15, 0.2) is 54.6 Å². The van der Waals surface area contributed by atoms with Crippen molar-refractivity contribution in [3.8, 4) is 0 Å². The van der Waals surface area contributed by atoms with Crippen molar-refractivity contribution < 1.29 is 14.3 Å². The monoisotopic (exact) mass is 354 g/mol. The number of amides is 1. The highest BCUT2D eigenvalue weighted by molar-refractivity contribution is 7.18. The van der Waals surface area contributed by atoms with Crippen molar-refractivity contribution in [3.63, 3.8) is 0 Å². The van der Waals surface area contributed by atoms with Crippen LogP contribution in [-0.2, 0) is 16.1 Å². The summed E-state index contributed by atoms with van der Waals surface area (Å²) in [6.07, 6.45) is 0.115. The topological polar surface area (TPSA) is 68.3 Å². The van der Waals surface area contributed by atoms with Gasteiger partial charge in [-0.25, -0.2) is 4.98 Å². The largest absolute Gasteiger partial charge is 0.458 e. The van der Waals surface area contributed by atoms with Gasteiger partial charge in [-0.3, -0.25) is 9.59 Å². The summed E-state index contributed by atoms with van der Waals surface area (Å²) in [6, 6.07) is 16.4. The van der Waals surface area contributed by atoms with E-state index in [0.29, 0.717) is 5.56 Å². The van der Waals surface area contributed by atoms with E-state index in [1.807, 2.05) is 30.3 Å². The number of hydrogen-bond acceptors (Lipinski definition) is 5. The summed E-state index contributed by atoms with van der Waals surface area (Å²) >= 11 is 1.51. The molecule has 0 aliphatic rings. The van der Waals surface area contributed by atoms with Crippen molar-refractivity contribution in [2.24, 2.45) is 0 Å². The van der Waals surface area contributed by atoms with Crippen molar-refractivity contribution in [1.29, 1.82) is 0 Å². The van der Waals surface area contributed by atoms with Gasteiger partial charge in [-0.15, -0.1) is 11.3 Å². The molecule has 25 heavy (non-hydrogen) atoms. The number of benzene rings is 2. The summed E-state index contributed by atoms with van der Waals surface area (Å²) in [7, 11) is 0. The number of nitrogens with one attached hydrogen (secondary N) is 1. The van der Waals surface area contributed by atoms with Gasteiger partial charge in [0.15, 0.2) is 0 Å². The van der Waals surface area contributed by atoms with Crippen LogP contribution in [0, 0.1) is 0 Å². The van der Waals surface area contributed by atoms with Crippen LogP contribution in [0.25, 0.3) is 10.2 Å². The maximum absolute atomic E-state index is 12.0. The van der Waals surface area contributed by atoms with Gasteiger partial charge in [-0.2, -0.15) is 0 Å². The van der Waals surface area contributed by atoms with E-state index >= 15 is 0 Å². The number of nitrogens with zero attached hydrogens (tertiary/aromatic N) is 1. The fourth-order valence-corrected chi connectivity index (χ4v) is 3.26. The van der Waals surface area contributed by atoms with Crippen LogP contribution in [0.4, 0.5) is 0 Å². The molecule has 3 rings (SSSR count).